The molecule has 0 aromatic carbocycles. The molecular weight excluding hydrogens is 220 g/mol. The van der Waals surface area contributed by atoms with E-state index in [0.29, 0.717) is 6.04 Å². The highest BCUT2D eigenvalue weighted by Gasteiger charge is 2.36. The smallest absolute Gasteiger partial charge is 0.00676 e. The Hall–Kier alpha value is -0.0800. The molecule has 2 atom stereocenters. The van der Waals surface area contributed by atoms with Gasteiger partial charge in [0.2, 0.25) is 0 Å². The Labute approximate surface area is 112 Å². The molecule has 3 fully saturated rings. The number of hydrogen-bond donors (Lipinski definition) is 1. The molecule has 2 heteroatoms. The van der Waals surface area contributed by atoms with Crippen molar-refractivity contribution < 1.29 is 0 Å². The second kappa shape index (κ2) is 5.50. The summed E-state index contributed by atoms with van der Waals surface area (Å²) in [6.45, 7) is 4.04. The van der Waals surface area contributed by atoms with Gasteiger partial charge in [-0.3, -0.25) is 0 Å². The summed E-state index contributed by atoms with van der Waals surface area (Å²) in [4.78, 5) is 2.72. The van der Waals surface area contributed by atoms with Crippen LogP contribution < -0.4 is 5.73 Å². The second-order valence-corrected chi connectivity index (χ2v) is 7.19. The molecule has 0 aromatic heterocycles. The van der Waals surface area contributed by atoms with Gasteiger partial charge < -0.3 is 10.6 Å². The molecule has 1 spiro atoms. The normalized spacial score (nSPS) is 36.5. The third kappa shape index (κ3) is 2.75. The molecule has 3 aliphatic rings. The fourth-order valence-electron chi connectivity index (χ4n) is 4.65. The molecule has 1 saturated heterocycles. The second-order valence-electron chi connectivity index (χ2n) is 7.19. The van der Waals surface area contributed by atoms with Gasteiger partial charge in [0.05, 0.1) is 0 Å². The topological polar surface area (TPSA) is 29.3 Å². The van der Waals surface area contributed by atoms with E-state index in [0.717, 1.165) is 11.3 Å². The van der Waals surface area contributed by atoms with E-state index in [1.54, 1.807) is 0 Å². The summed E-state index contributed by atoms with van der Waals surface area (Å²) in [5, 5.41) is 0. The van der Waals surface area contributed by atoms with Crippen molar-refractivity contribution in [2.45, 2.75) is 70.3 Å². The summed E-state index contributed by atoms with van der Waals surface area (Å²) in [6, 6.07) is 0.510. The summed E-state index contributed by atoms with van der Waals surface area (Å²) < 4.78 is 0. The van der Waals surface area contributed by atoms with Gasteiger partial charge in [-0.05, 0) is 75.9 Å². The van der Waals surface area contributed by atoms with E-state index >= 15 is 0 Å². The molecule has 0 bridgehead atoms. The maximum Gasteiger partial charge on any atom is 0.00676 e. The highest BCUT2D eigenvalue weighted by atomic mass is 15.1. The molecule has 2 N–H and O–H groups in total. The monoisotopic (exact) mass is 250 g/mol. The molecule has 2 aliphatic carbocycles. The van der Waals surface area contributed by atoms with Crippen LogP contribution in [0.25, 0.3) is 0 Å². The highest BCUT2D eigenvalue weighted by molar-refractivity contribution is 4.90. The van der Waals surface area contributed by atoms with E-state index in [4.69, 9.17) is 5.73 Å². The van der Waals surface area contributed by atoms with Crippen LogP contribution in [0.1, 0.15) is 64.2 Å². The van der Waals surface area contributed by atoms with Crippen molar-refractivity contribution in [3.05, 3.63) is 0 Å². The predicted octanol–water partition coefficient (Wildman–Crippen LogP) is 3.16. The van der Waals surface area contributed by atoms with Gasteiger partial charge in [0.25, 0.3) is 0 Å². The van der Waals surface area contributed by atoms with Crippen LogP contribution in [0.3, 0.4) is 0 Å². The van der Waals surface area contributed by atoms with Crippen molar-refractivity contribution in [1.82, 2.24) is 4.90 Å². The summed E-state index contributed by atoms with van der Waals surface area (Å²) >= 11 is 0. The highest BCUT2D eigenvalue weighted by Crippen LogP contribution is 2.46. The molecule has 2 saturated carbocycles. The molecule has 18 heavy (non-hydrogen) atoms. The minimum atomic E-state index is 0.510. The Bertz CT molecular complexity index is 260. The first-order chi connectivity index (χ1) is 8.77. The van der Waals surface area contributed by atoms with E-state index in [2.05, 4.69) is 4.90 Å². The van der Waals surface area contributed by atoms with Gasteiger partial charge in [-0.15, -0.1) is 0 Å². The molecule has 0 radical (unpaired) electrons. The number of rotatable bonds is 3. The Morgan fingerprint density at radius 3 is 2.28 bits per heavy atom. The third-order valence-corrected chi connectivity index (χ3v) is 6.11. The zero-order chi connectivity index (χ0) is 12.4. The van der Waals surface area contributed by atoms with Crippen molar-refractivity contribution in [2.24, 2.45) is 17.1 Å². The van der Waals surface area contributed by atoms with Crippen molar-refractivity contribution in [3.63, 3.8) is 0 Å². The van der Waals surface area contributed by atoms with Crippen LogP contribution in [0.5, 0.6) is 0 Å². The SMILES string of the molecule is NC1CCCC1CCN1CCC2(CCCC2)CC1. The van der Waals surface area contributed by atoms with Crippen molar-refractivity contribution in [3.8, 4) is 0 Å². The van der Waals surface area contributed by atoms with Gasteiger partial charge in [-0.1, -0.05) is 19.3 Å². The van der Waals surface area contributed by atoms with Crippen LogP contribution in [-0.2, 0) is 0 Å². The largest absolute Gasteiger partial charge is 0.327 e. The summed E-state index contributed by atoms with van der Waals surface area (Å²) in [6.07, 6.45) is 14.4. The van der Waals surface area contributed by atoms with Crippen molar-refractivity contribution >= 4 is 0 Å². The predicted molar refractivity (Wildman–Crippen MR) is 76.5 cm³/mol. The van der Waals surface area contributed by atoms with Crippen LogP contribution in [0, 0.1) is 11.3 Å². The van der Waals surface area contributed by atoms with E-state index < -0.39 is 0 Å². The number of piperidine rings is 1. The fourth-order valence-corrected chi connectivity index (χ4v) is 4.65. The lowest BCUT2D eigenvalue weighted by Gasteiger charge is -2.39. The first kappa shape index (κ1) is 12.9. The van der Waals surface area contributed by atoms with E-state index in [1.165, 1.54) is 83.8 Å². The van der Waals surface area contributed by atoms with Gasteiger partial charge >= 0.3 is 0 Å². The van der Waals surface area contributed by atoms with E-state index in [1.807, 2.05) is 0 Å². The lowest BCUT2D eigenvalue weighted by Crippen LogP contribution is -2.40. The standard InChI is InChI=1S/C16H30N2/c17-15-5-3-4-14(15)6-11-18-12-9-16(10-13-18)7-1-2-8-16/h14-15H,1-13,17H2. The van der Waals surface area contributed by atoms with Gasteiger partial charge in [0.1, 0.15) is 0 Å². The summed E-state index contributed by atoms with van der Waals surface area (Å²) in [5.41, 5.74) is 6.95. The average Bonchev–Trinajstić information content (AvgIpc) is 2.99. The van der Waals surface area contributed by atoms with Crippen LogP contribution >= 0.6 is 0 Å². The number of hydrogen-bond acceptors (Lipinski definition) is 2. The lowest BCUT2D eigenvalue weighted by atomic mass is 9.77. The van der Waals surface area contributed by atoms with Crippen LogP contribution in [0.2, 0.25) is 0 Å². The summed E-state index contributed by atoms with van der Waals surface area (Å²) in [7, 11) is 0. The Balaban J connectivity index is 1.40. The van der Waals surface area contributed by atoms with Gasteiger partial charge in [0.15, 0.2) is 0 Å². The van der Waals surface area contributed by atoms with Gasteiger partial charge in [-0.25, -0.2) is 0 Å². The third-order valence-electron chi connectivity index (χ3n) is 6.11. The van der Waals surface area contributed by atoms with Gasteiger partial charge in [-0.2, -0.15) is 0 Å². The maximum atomic E-state index is 6.17. The molecule has 0 amide bonds. The van der Waals surface area contributed by atoms with E-state index in [9.17, 15) is 0 Å². The molecule has 1 heterocycles. The van der Waals surface area contributed by atoms with Gasteiger partial charge in [0, 0.05) is 6.04 Å². The van der Waals surface area contributed by atoms with Crippen LogP contribution in [-0.4, -0.2) is 30.6 Å². The molecule has 0 aromatic rings. The average molecular weight is 250 g/mol. The lowest BCUT2D eigenvalue weighted by molar-refractivity contribution is 0.103. The molecule has 104 valence electrons. The fraction of sp³-hybridized carbons (Fsp3) is 1.00. The molecule has 2 nitrogen and oxygen atoms in total. The number of nitrogens with two attached hydrogens (primary N) is 1. The minimum Gasteiger partial charge on any atom is -0.327 e. The maximum absolute atomic E-state index is 6.17. The minimum absolute atomic E-state index is 0.510. The Kier molecular flexibility index (Phi) is 3.95. The van der Waals surface area contributed by atoms with E-state index in [-0.39, 0.29) is 0 Å². The first-order valence-electron chi connectivity index (χ1n) is 8.25. The number of likely N-dealkylation sites (tertiary alicyclic amines) is 1. The quantitative estimate of drug-likeness (QED) is 0.833. The zero-order valence-electron chi connectivity index (χ0n) is 11.9. The molecule has 1 aliphatic heterocycles. The first-order valence-corrected chi connectivity index (χ1v) is 8.25. The van der Waals surface area contributed by atoms with Crippen LogP contribution in [0.4, 0.5) is 0 Å². The van der Waals surface area contributed by atoms with Crippen molar-refractivity contribution in [1.29, 1.82) is 0 Å². The summed E-state index contributed by atoms with van der Waals surface area (Å²) in [5.74, 6) is 0.826. The van der Waals surface area contributed by atoms with Crippen molar-refractivity contribution in [2.75, 3.05) is 19.6 Å². The Morgan fingerprint density at radius 1 is 0.944 bits per heavy atom. The molecular formula is C16H30N2. The molecule has 2 unspecified atom stereocenters. The number of nitrogens with zero attached hydrogens (tertiary/aromatic N) is 1. The zero-order valence-corrected chi connectivity index (χ0v) is 11.9. The molecule has 3 rings (SSSR count). The Morgan fingerprint density at radius 2 is 1.67 bits per heavy atom. The van der Waals surface area contributed by atoms with Crippen LogP contribution in [0.15, 0.2) is 0 Å².